The summed E-state index contributed by atoms with van der Waals surface area (Å²) < 4.78 is 0. The lowest BCUT2D eigenvalue weighted by Crippen LogP contribution is -2.23. The third-order valence-electron chi connectivity index (χ3n) is 3.06. The standard InChI is InChI=1S/C11H23NO/c1-10-3-2-4-11(9-10)5-6-12-7-8-13/h10-13H,2-9H2,1H3. The molecule has 2 nitrogen and oxygen atoms in total. The predicted octanol–water partition coefficient (Wildman–Crippen LogP) is 1.78. The van der Waals surface area contributed by atoms with Gasteiger partial charge in [-0.25, -0.2) is 0 Å². The van der Waals surface area contributed by atoms with Crippen LogP contribution in [0.1, 0.15) is 39.0 Å². The molecule has 2 N–H and O–H groups in total. The molecule has 1 fully saturated rings. The summed E-state index contributed by atoms with van der Waals surface area (Å²) in [6.07, 6.45) is 6.99. The van der Waals surface area contributed by atoms with Crippen LogP contribution in [0, 0.1) is 11.8 Å². The average molecular weight is 185 g/mol. The number of hydrogen-bond acceptors (Lipinski definition) is 2. The minimum Gasteiger partial charge on any atom is -0.395 e. The van der Waals surface area contributed by atoms with Gasteiger partial charge in [0.15, 0.2) is 0 Å². The van der Waals surface area contributed by atoms with Crippen molar-refractivity contribution in [2.45, 2.75) is 39.0 Å². The molecule has 2 unspecified atom stereocenters. The summed E-state index contributed by atoms with van der Waals surface area (Å²) in [5, 5.41) is 11.8. The van der Waals surface area contributed by atoms with Crippen LogP contribution in [0.15, 0.2) is 0 Å². The molecule has 0 amide bonds. The summed E-state index contributed by atoms with van der Waals surface area (Å²) in [4.78, 5) is 0. The van der Waals surface area contributed by atoms with E-state index in [1.807, 2.05) is 0 Å². The second kappa shape index (κ2) is 6.39. The van der Waals surface area contributed by atoms with Gasteiger partial charge in [0, 0.05) is 6.54 Å². The summed E-state index contributed by atoms with van der Waals surface area (Å²) in [6.45, 7) is 4.47. The van der Waals surface area contributed by atoms with Crippen molar-refractivity contribution in [2.75, 3.05) is 19.7 Å². The molecule has 2 atom stereocenters. The fraction of sp³-hybridized carbons (Fsp3) is 1.00. The highest BCUT2D eigenvalue weighted by atomic mass is 16.3. The van der Waals surface area contributed by atoms with Crippen molar-refractivity contribution in [3.05, 3.63) is 0 Å². The normalized spacial score (nSPS) is 29.1. The lowest BCUT2D eigenvalue weighted by molar-refractivity contribution is 0.259. The molecule has 1 aliphatic carbocycles. The molecule has 0 saturated heterocycles. The van der Waals surface area contributed by atoms with E-state index in [4.69, 9.17) is 5.11 Å². The average Bonchev–Trinajstić information content (AvgIpc) is 2.13. The fourth-order valence-corrected chi connectivity index (χ4v) is 2.33. The number of aliphatic hydroxyl groups excluding tert-OH is 1. The first kappa shape index (κ1) is 11.0. The lowest BCUT2D eigenvalue weighted by atomic mass is 9.81. The smallest absolute Gasteiger partial charge is 0.0555 e. The van der Waals surface area contributed by atoms with Gasteiger partial charge < -0.3 is 10.4 Å². The largest absolute Gasteiger partial charge is 0.395 e. The lowest BCUT2D eigenvalue weighted by Gasteiger charge is -2.26. The zero-order valence-electron chi connectivity index (χ0n) is 8.76. The Hall–Kier alpha value is -0.0800. The monoisotopic (exact) mass is 185 g/mol. The predicted molar refractivity (Wildman–Crippen MR) is 55.7 cm³/mol. The van der Waals surface area contributed by atoms with E-state index in [0.717, 1.165) is 24.9 Å². The first-order chi connectivity index (χ1) is 6.33. The zero-order valence-corrected chi connectivity index (χ0v) is 8.76. The van der Waals surface area contributed by atoms with Gasteiger partial charge in [-0.05, 0) is 31.2 Å². The van der Waals surface area contributed by atoms with Crippen LogP contribution in [0.25, 0.3) is 0 Å². The molecule has 1 saturated carbocycles. The van der Waals surface area contributed by atoms with Crippen LogP contribution in [0.4, 0.5) is 0 Å². The van der Waals surface area contributed by atoms with E-state index in [0.29, 0.717) is 0 Å². The maximum atomic E-state index is 8.58. The molecule has 0 radical (unpaired) electrons. The third kappa shape index (κ3) is 4.63. The molecule has 0 heterocycles. The van der Waals surface area contributed by atoms with Crippen LogP contribution in [-0.4, -0.2) is 24.8 Å². The Labute approximate surface area is 81.7 Å². The Balaban J connectivity index is 2.00. The van der Waals surface area contributed by atoms with Crippen LogP contribution in [0.2, 0.25) is 0 Å². The van der Waals surface area contributed by atoms with E-state index in [-0.39, 0.29) is 6.61 Å². The zero-order chi connectivity index (χ0) is 9.52. The number of aliphatic hydroxyl groups is 1. The SMILES string of the molecule is CC1CCCC(CCNCCO)C1. The van der Waals surface area contributed by atoms with Crippen molar-refractivity contribution in [1.82, 2.24) is 5.32 Å². The van der Waals surface area contributed by atoms with Crippen LogP contribution in [-0.2, 0) is 0 Å². The summed E-state index contributed by atoms with van der Waals surface area (Å²) in [6, 6.07) is 0. The quantitative estimate of drug-likeness (QED) is 0.640. The second-order valence-corrected chi connectivity index (χ2v) is 4.40. The van der Waals surface area contributed by atoms with E-state index < -0.39 is 0 Å². The summed E-state index contributed by atoms with van der Waals surface area (Å²) in [7, 11) is 0. The van der Waals surface area contributed by atoms with Crippen molar-refractivity contribution in [2.24, 2.45) is 11.8 Å². The van der Waals surface area contributed by atoms with Gasteiger partial charge in [-0.2, -0.15) is 0 Å². The van der Waals surface area contributed by atoms with Gasteiger partial charge in [0.1, 0.15) is 0 Å². The van der Waals surface area contributed by atoms with Gasteiger partial charge in [0.2, 0.25) is 0 Å². The van der Waals surface area contributed by atoms with Crippen LogP contribution >= 0.6 is 0 Å². The maximum absolute atomic E-state index is 8.58. The fourth-order valence-electron chi connectivity index (χ4n) is 2.33. The maximum Gasteiger partial charge on any atom is 0.0555 e. The minimum absolute atomic E-state index is 0.265. The molecular formula is C11H23NO. The van der Waals surface area contributed by atoms with Gasteiger partial charge in [-0.3, -0.25) is 0 Å². The Kier molecular flexibility index (Phi) is 5.40. The minimum atomic E-state index is 0.265. The Morgan fingerprint density at radius 2 is 2.15 bits per heavy atom. The van der Waals surface area contributed by atoms with Gasteiger partial charge in [-0.1, -0.05) is 26.2 Å². The highest BCUT2D eigenvalue weighted by molar-refractivity contribution is 4.71. The highest BCUT2D eigenvalue weighted by Gasteiger charge is 2.17. The molecule has 0 bridgehead atoms. The van der Waals surface area contributed by atoms with Crippen molar-refractivity contribution in [3.8, 4) is 0 Å². The number of hydrogen-bond donors (Lipinski definition) is 2. The van der Waals surface area contributed by atoms with Crippen LogP contribution < -0.4 is 5.32 Å². The van der Waals surface area contributed by atoms with Crippen LogP contribution in [0.3, 0.4) is 0 Å². The Morgan fingerprint density at radius 1 is 1.31 bits per heavy atom. The molecule has 0 aromatic heterocycles. The van der Waals surface area contributed by atoms with Crippen molar-refractivity contribution < 1.29 is 5.11 Å². The highest BCUT2D eigenvalue weighted by Crippen LogP contribution is 2.30. The molecule has 1 rings (SSSR count). The molecule has 78 valence electrons. The topological polar surface area (TPSA) is 32.3 Å². The molecule has 0 spiro atoms. The van der Waals surface area contributed by atoms with Gasteiger partial charge in [0.25, 0.3) is 0 Å². The van der Waals surface area contributed by atoms with Crippen LogP contribution in [0.5, 0.6) is 0 Å². The van der Waals surface area contributed by atoms with Crippen molar-refractivity contribution in [3.63, 3.8) is 0 Å². The Morgan fingerprint density at radius 3 is 2.85 bits per heavy atom. The first-order valence-corrected chi connectivity index (χ1v) is 5.64. The summed E-state index contributed by atoms with van der Waals surface area (Å²) in [5.41, 5.74) is 0. The molecular weight excluding hydrogens is 162 g/mol. The van der Waals surface area contributed by atoms with E-state index in [9.17, 15) is 0 Å². The first-order valence-electron chi connectivity index (χ1n) is 5.64. The molecule has 13 heavy (non-hydrogen) atoms. The second-order valence-electron chi connectivity index (χ2n) is 4.40. The van der Waals surface area contributed by atoms with Gasteiger partial charge in [0.05, 0.1) is 6.61 Å². The van der Waals surface area contributed by atoms with Gasteiger partial charge in [-0.15, -0.1) is 0 Å². The van der Waals surface area contributed by atoms with Crippen molar-refractivity contribution in [1.29, 1.82) is 0 Å². The van der Waals surface area contributed by atoms with Gasteiger partial charge >= 0.3 is 0 Å². The van der Waals surface area contributed by atoms with E-state index in [1.165, 1.54) is 32.1 Å². The third-order valence-corrected chi connectivity index (χ3v) is 3.06. The Bertz CT molecular complexity index is 127. The molecule has 0 aliphatic heterocycles. The summed E-state index contributed by atoms with van der Waals surface area (Å²) in [5.74, 6) is 1.88. The molecule has 0 aromatic rings. The number of nitrogens with one attached hydrogen (secondary N) is 1. The summed E-state index contributed by atoms with van der Waals surface area (Å²) >= 11 is 0. The van der Waals surface area contributed by atoms with E-state index in [1.54, 1.807) is 0 Å². The van der Waals surface area contributed by atoms with E-state index >= 15 is 0 Å². The molecule has 1 aliphatic rings. The number of rotatable bonds is 5. The van der Waals surface area contributed by atoms with E-state index in [2.05, 4.69) is 12.2 Å². The molecule has 2 heteroatoms. The van der Waals surface area contributed by atoms with Crippen molar-refractivity contribution >= 4 is 0 Å². The molecule has 0 aromatic carbocycles.